The highest BCUT2D eigenvalue weighted by Gasteiger charge is 2.52. The first-order valence-corrected chi connectivity index (χ1v) is 8.46. The molecule has 1 aromatic heterocycles. The molecule has 2 atom stereocenters. The first-order chi connectivity index (χ1) is 11.1. The zero-order valence-corrected chi connectivity index (χ0v) is 13.6. The summed E-state index contributed by atoms with van der Waals surface area (Å²) in [5, 5.41) is 8.75. The van der Waals surface area contributed by atoms with Gasteiger partial charge in [-0.3, -0.25) is 19.9 Å². The van der Waals surface area contributed by atoms with Gasteiger partial charge in [-0.15, -0.1) is 0 Å². The van der Waals surface area contributed by atoms with E-state index in [1.807, 2.05) is 6.07 Å². The molecule has 2 N–H and O–H groups in total. The Hall–Kier alpha value is -1.50. The number of carbonyl (C=O) groups is 1. The number of carbonyl (C=O) groups excluding carboxylic acids is 1. The lowest BCUT2D eigenvalue weighted by atomic mass is 9.63. The van der Waals surface area contributed by atoms with E-state index >= 15 is 0 Å². The lowest BCUT2D eigenvalue weighted by Crippen LogP contribution is -2.57. The first-order valence-electron chi connectivity index (χ1n) is 8.46. The van der Waals surface area contributed by atoms with Gasteiger partial charge in [-0.2, -0.15) is 0 Å². The van der Waals surface area contributed by atoms with E-state index in [2.05, 4.69) is 21.8 Å². The van der Waals surface area contributed by atoms with Crippen LogP contribution in [0.5, 0.6) is 0 Å². The van der Waals surface area contributed by atoms with Gasteiger partial charge in [-0.05, 0) is 56.3 Å². The molecular weight excluding hydrogens is 292 g/mol. The molecule has 1 amide bonds. The Morgan fingerprint density at radius 3 is 2.96 bits per heavy atom. The predicted octanol–water partition coefficient (Wildman–Crippen LogP) is 1.04. The van der Waals surface area contributed by atoms with Crippen LogP contribution in [0.1, 0.15) is 40.9 Å². The van der Waals surface area contributed by atoms with Crippen molar-refractivity contribution in [3.63, 3.8) is 0 Å². The van der Waals surface area contributed by atoms with Crippen LogP contribution in [-0.4, -0.2) is 58.6 Å². The summed E-state index contributed by atoms with van der Waals surface area (Å²) >= 11 is 0. The van der Waals surface area contributed by atoms with Crippen LogP contribution in [-0.2, 0) is 13.0 Å². The van der Waals surface area contributed by atoms with Gasteiger partial charge < -0.3 is 4.90 Å². The van der Waals surface area contributed by atoms with Crippen molar-refractivity contribution in [2.45, 2.75) is 38.3 Å². The molecule has 6 heteroatoms. The predicted molar refractivity (Wildman–Crippen MR) is 85.2 cm³/mol. The van der Waals surface area contributed by atoms with E-state index in [4.69, 9.17) is 5.21 Å². The van der Waals surface area contributed by atoms with Crippen LogP contribution in [0, 0.1) is 5.41 Å². The van der Waals surface area contributed by atoms with Gasteiger partial charge in [-0.1, -0.05) is 0 Å². The molecule has 1 saturated heterocycles. The number of likely N-dealkylation sites (tertiary alicyclic amines) is 1. The second-order valence-electron chi connectivity index (χ2n) is 7.40. The van der Waals surface area contributed by atoms with Crippen molar-refractivity contribution in [2.75, 3.05) is 26.7 Å². The van der Waals surface area contributed by atoms with Gasteiger partial charge >= 0.3 is 0 Å². The fraction of sp³-hybridized carbons (Fsp3) is 0.647. The van der Waals surface area contributed by atoms with Gasteiger partial charge in [0.2, 0.25) is 0 Å². The topological polar surface area (TPSA) is 68.7 Å². The Labute approximate surface area is 136 Å². The van der Waals surface area contributed by atoms with Crippen LogP contribution in [0.15, 0.2) is 12.3 Å². The van der Waals surface area contributed by atoms with Gasteiger partial charge in [0.05, 0.1) is 11.3 Å². The molecule has 3 heterocycles. The van der Waals surface area contributed by atoms with Crippen LogP contribution in [0.25, 0.3) is 0 Å². The summed E-state index contributed by atoms with van der Waals surface area (Å²) < 4.78 is 0. The zero-order valence-electron chi connectivity index (χ0n) is 13.6. The van der Waals surface area contributed by atoms with Gasteiger partial charge in [0, 0.05) is 31.9 Å². The van der Waals surface area contributed by atoms with E-state index in [1.165, 1.54) is 32.4 Å². The van der Waals surface area contributed by atoms with Crippen LogP contribution in [0.2, 0.25) is 0 Å². The summed E-state index contributed by atoms with van der Waals surface area (Å²) in [7, 11) is 2.23. The molecule has 1 aromatic rings. The van der Waals surface area contributed by atoms with Crippen molar-refractivity contribution in [3.8, 4) is 0 Å². The summed E-state index contributed by atoms with van der Waals surface area (Å²) in [5.41, 5.74) is 4.83. The SMILES string of the molecule is CN1CC[C@@]2(CC[C@H]2N2CCc3cc(C(=O)NO)cnc3C2)C1. The van der Waals surface area contributed by atoms with Crippen molar-refractivity contribution in [3.05, 3.63) is 29.1 Å². The highest BCUT2D eigenvalue weighted by molar-refractivity contribution is 5.93. The second-order valence-corrected chi connectivity index (χ2v) is 7.40. The molecule has 0 unspecified atom stereocenters. The number of hydroxylamine groups is 1. The largest absolute Gasteiger partial charge is 0.306 e. The minimum Gasteiger partial charge on any atom is -0.306 e. The summed E-state index contributed by atoms with van der Waals surface area (Å²) in [6.45, 7) is 4.37. The Kier molecular flexibility index (Phi) is 3.63. The molecule has 2 aliphatic heterocycles. The molecule has 124 valence electrons. The maximum Gasteiger partial charge on any atom is 0.276 e. The molecule has 0 radical (unpaired) electrons. The maximum absolute atomic E-state index is 11.5. The molecule has 1 aliphatic carbocycles. The Bertz CT molecular complexity index is 635. The highest BCUT2D eigenvalue weighted by atomic mass is 16.5. The number of fused-ring (bicyclic) bond motifs is 1. The molecule has 1 saturated carbocycles. The average molecular weight is 316 g/mol. The van der Waals surface area contributed by atoms with Crippen LogP contribution >= 0.6 is 0 Å². The molecule has 6 nitrogen and oxygen atoms in total. The molecule has 0 aromatic carbocycles. The van der Waals surface area contributed by atoms with Crippen molar-refractivity contribution in [2.24, 2.45) is 5.41 Å². The summed E-state index contributed by atoms with van der Waals surface area (Å²) in [4.78, 5) is 21.1. The number of hydrogen-bond donors (Lipinski definition) is 2. The normalized spacial score (nSPS) is 31.0. The van der Waals surface area contributed by atoms with E-state index in [-0.39, 0.29) is 0 Å². The molecule has 0 bridgehead atoms. The van der Waals surface area contributed by atoms with Gasteiger partial charge in [0.15, 0.2) is 0 Å². The van der Waals surface area contributed by atoms with Crippen molar-refractivity contribution in [1.82, 2.24) is 20.3 Å². The van der Waals surface area contributed by atoms with Crippen LogP contribution in [0.4, 0.5) is 0 Å². The summed E-state index contributed by atoms with van der Waals surface area (Å²) in [5.74, 6) is -0.491. The third kappa shape index (κ3) is 2.45. The number of amides is 1. The molecule has 4 rings (SSSR count). The van der Waals surface area contributed by atoms with E-state index < -0.39 is 5.91 Å². The minimum atomic E-state index is -0.491. The van der Waals surface area contributed by atoms with Crippen LogP contribution < -0.4 is 5.48 Å². The second kappa shape index (κ2) is 5.54. The third-order valence-electron chi connectivity index (χ3n) is 6.08. The first kappa shape index (κ1) is 15.1. The Balaban J connectivity index is 1.50. The Morgan fingerprint density at radius 1 is 1.43 bits per heavy atom. The minimum absolute atomic E-state index is 0.428. The summed E-state index contributed by atoms with van der Waals surface area (Å²) in [6, 6.07) is 2.55. The molecule has 2 fully saturated rings. The van der Waals surface area contributed by atoms with Gasteiger partial charge in [0.25, 0.3) is 5.91 Å². The van der Waals surface area contributed by atoms with Crippen molar-refractivity contribution in [1.29, 1.82) is 0 Å². The monoisotopic (exact) mass is 316 g/mol. The standard InChI is InChI=1S/C17H24N4O2/c1-20-7-5-17(11-20)4-2-15(17)21-6-3-12-8-13(16(22)19-23)9-18-14(12)10-21/h8-9,15,23H,2-7,10-11H2,1H3,(H,19,22)/t15-,17+/m1/s1. The number of hydrogen-bond acceptors (Lipinski definition) is 5. The quantitative estimate of drug-likeness (QED) is 0.630. The smallest absolute Gasteiger partial charge is 0.276 e. The fourth-order valence-electron chi connectivity index (χ4n) is 4.72. The number of nitrogens with zero attached hydrogens (tertiary/aromatic N) is 3. The van der Waals surface area contributed by atoms with E-state index in [9.17, 15) is 4.79 Å². The van der Waals surface area contributed by atoms with E-state index in [0.717, 1.165) is 30.8 Å². The maximum atomic E-state index is 11.5. The average Bonchev–Trinajstić information content (AvgIpc) is 2.97. The number of rotatable bonds is 2. The van der Waals surface area contributed by atoms with Crippen molar-refractivity contribution >= 4 is 5.91 Å². The zero-order chi connectivity index (χ0) is 16.0. The summed E-state index contributed by atoms with van der Waals surface area (Å²) in [6.07, 6.45) is 6.47. The number of nitrogens with one attached hydrogen (secondary N) is 1. The fourth-order valence-corrected chi connectivity index (χ4v) is 4.72. The van der Waals surface area contributed by atoms with Gasteiger partial charge in [0.1, 0.15) is 0 Å². The lowest BCUT2D eigenvalue weighted by molar-refractivity contribution is -0.0265. The van der Waals surface area contributed by atoms with E-state index in [0.29, 0.717) is 17.0 Å². The lowest BCUT2D eigenvalue weighted by Gasteiger charge is -2.53. The third-order valence-corrected chi connectivity index (χ3v) is 6.08. The molecule has 3 aliphatic rings. The van der Waals surface area contributed by atoms with Crippen molar-refractivity contribution < 1.29 is 10.0 Å². The van der Waals surface area contributed by atoms with Crippen LogP contribution in [0.3, 0.4) is 0 Å². The molecule has 1 spiro atoms. The molecule has 23 heavy (non-hydrogen) atoms. The van der Waals surface area contributed by atoms with Gasteiger partial charge in [-0.25, -0.2) is 5.48 Å². The number of pyridine rings is 1. The van der Waals surface area contributed by atoms with E-state index in [1.54, 1.807) is 11.7 Å². The highest BCUT2D eigenvalue weighted by Crippen LogP contribution is 2.51. The Morgan fingerprint density at radius 2 is 2.30 bits per heavy atom. The number of aromatic nitrogens is 1. The molecular formula is C17H24N4O2.